The monoisotopic (exact) mass is 364 g/mol. The molecule has 2 rings (SSSR count). The number of nitrogens with one attached hydrogen (secondary N) is 2. The van der Waals surface area contributed by atoms with E-state index in [1.807, 2.05) is 13.8 Å². The first-order valence-corrected chi connectivity index (χ1v) is 9.50. The first-order valence-electron chi connectivity index (χ1n) is 8.01. The first-order chi connectivity index (χ1) is 11.8. The summed E-state index contributed by atoms with van der Waals surface area (Å²) in [5.41, 5.74) is 0.407. The number of halogens is 1. The molecule has 1 atom stereocenters. The van der Waals surface area contributed by atoms with Crippen LogP contribution in [0.1, 0.15) is 37.0 Å². The zero-order chi connectivity index (χ0) is 18.4. The topological polar surface area (TPSA) is 75.3 Å². The fraction of sp³-hybridized carbons (Fsp3) is 0.278. The van der Waals surface area contributed by atoms with Gasteiger partial charge in [0.1, 0.15) is 5.82 Å². The second-order valence-corrected chi connectivity index (χ2v) is 7.45. The predicted octanol–water partition coefficient (Wildman–Crippen LogP) is 3.54. The van der Waals surface area contributed by atoms with E-state index in [2.05, 4.69) is 10.0 Å². The minimum Gasteiger partial charge on any atom is -0.350 e. The molecule has 2 N–H and O–H groups in total. The van der Waals surface area contributed by atoms with E-state index in [0.29, 0.717) is 0 Å². The van der Waals surface area contributed by atoms with E-state index in [1.54, 1.807) is 18.2 Å². The first kappa shape index (κ1) is 18.9. The second kappa shape index (κ2) is 8.11. The zero-order valence-electron chi connectivity index (χ0n) is 14.1. The van der Waals surface area contributed by atoms with E-state index in [9.17, 15) is 17.6 Å². The molecule has 1 unspecified atom stereocenters. The van der Waals surface area contributed by atoms with E-state index in [0.717, 1.165) is 25.0 Å². The van der Waals surface area contributed by atoms with Gasteiger partial charge in [0.15, 0.2) is 0 Å². The Kier molecular flexibility index (Phi) is 6.14. The molecule has 0 aliphatic carbocycles. The van der Waals surface area contributed by atoms with Crippen molar-refractivity contribution in [2.24, 2.45) is 0 Å². The Morgan fingerprint density at radius 2 is 1.76 bits per heavy atom. The largest absolute Gasteiger partial charge is 0.350 e. The average molecular weight is 364 g/mol. The number of rotatable bonds is 7. The molecule has 1 amide bonds. The number of para-hydroxylation sites is 1. The number of hydrogen-bond acceptors (Lipinski definition) is 3. The number of benzene rings is 2. The van der Waals surface area contributed by atoms with Crippen LogP contribution in [-0.2, 0) is 10.0 Å². The standard InChI is InChI=1S/C18H21FN2O3S/c1-3-6-13(2)20-18(22)16-7-4-5-8-17(16)21-25(23,24)15-11-9-14(19)10-12-15/h4-5,7-13,21H,3,6H2,1-2H3,(H,20,22). The Morgan fingerprint density at radius 1 is 1.12 bits per heavy atom. The number of carbonyl (C=O) groups is 1. The Labute approximate surface area is 147 Å². The van der Waals surface area contributed by atoms with E-state index in [1.165, 1.54) is 18.2 Å². The molecule has 0 aliphatic rings. The van der Waals surface area contributed by atoms with Crippen LogP contribution in [0.2, 0.25) is 0 Å². The minimum atomic E-state index is -3.92. The van der Waals surface area contributed by atoms with Gasteiger partial charge in [-0.2, -0.15) is 0 Å². The Morgan fingerprint density at radius 3 is 2.40 bits per heavy atom. The summed E-state index contributed by atoms with van der Waals surface area (Å²) in [6.45, 7) is 3.92. The molecule has 0 heterocycles. The molecule has 0 spiro atoms. The highest BCUT2D eigenvalue weighted by atomic mass is 32.2. The summed E-state index contributed by atoms with van der Waals surface area (Å²) < 4.78 is 40.3. The lowest BCUT2D eigenvalue weighted by Gasteiger charge is -2.16. The zero-order valence-corrected chi connectivity index (χ0v) is 14.9. The van der Waals surface area contributed by atoms with Gasteiger partial charge in [-0.05, 0) is 49.7 Å². The average Bonchev–Trinajstić information content (AvgIpc) is 2.55. The molecule has 2 aromatic carbocycles. The van der Waals surface area contributed by atoms with Crippen molar-refractivity contribution in [2.75, 3.05) is 4.72 Å². The molecule has 2 aromatic rings. The van der Waals surface area contributed by atoms with Crippen LogP contribution in [0, 0.1) is 5.82 Å². The summed E-state index contributed by atoms with van der Waals surface area (Å²) in [6.07, 6.45) is 1.76. The van der Waals surface area contributed by atoms with Crippen molar-refractivity contribution >= 4 is 21.6 Å². The highest BCUT2D eigenvalue weighted by molar-refractivity contribution is 7.92. The summed E-state index contributed by atoms with van der Waals surface area (Å²) in [5, 5.41) is 2.85. The number of amides is 1. The third kappa shape index (κ3) is 5.03. The van der Waals surface area contributed by atoms with Gasteiger partial charge in [0.05, 0.1) is 16.1 Å². The Balaban J connectivity index is 2.25. The van der Waals surface area contributed by atoms with Crippen LogP contribution < -0.4 is 10.0 Å². The van der Waals surface area contributed by atoms with Crippen LogP contribution in [0.4, 0.5) is 10.1 Å². The molecule has 0 radical (unpaired) electrons. The van der Waals surface area contributed by atoms with Crippen molar-refractivity contribution in [3.05, 3.63) is 59.9 Å². The maximum absolute atomic E-state index is 13.0. The fourth-order valence-corrected chi connectivity index (χ4v) is 3.47. The molecule has 0 bridgehead atoms. The number of sulfonamides is 1. The third-order valence-corrected chi connectivity index (χ3v) is 5.02. The molecule has 5 nitrogen and oxygen atoms in total. The molecule has 7 heteroatoms. The van der Waals surface area contributed by atoms with Crippen LogP contribution in [0.15, 0.2) is 53.4 Å². The normalized spacial score (nSPS) is 12.4. The molecule has 25 heavy (non-hydrogen) atoms. The van der Waals surface area contributed by atoms with Gasteiger partial charge in [-0.15, -0.1) is 0 Å². The van der Waals surface area contributed by atoms with Gasteiger partial charge >= 0.3 is 0 Å². The van der Waals surface area contributed by atoms with Crippen LogP contribution in [0.25, 0.3) is 0 Å². The molecule has 0 saturated carbocycles. The fourth-order valence-electron chi connectivity index (χ4n) is 2.39. The summed E-state index contributed by atoms with van der Waals surface area (Å²) >= 11 is 0. The van der Waals surface area contributed by atoms with Gasteiger partial charge in [0, 0.05) is 6.04 Å². The van der Waals surface area contributed by atoms with E-state index in [4.69, 9.17) is 0 Å². The van der Waals surface area contributed by atoms with E-state index in [-0.39, 0.29) is 28.1 Å². The van der Waals surface area contributed by atoms with Gasteiger partial charge in [-0.3, -0.25) is 9.52 Å². The number of carbonyl (C=O) groups excluding carboxylic acids is 1. The Bertz CT molecular complexity index is 836. The number of hydrogen-bond donors (Lipinski definition) is 2. The lowest BCUT2D eigenvalue weighted by molar-refractivity contribution is 0.0939. The Hall–Kier alpha value is -2.41. The number of anilines is 1. The predicted molar refractivity (Wildman–Crippen MR) is 95.5 cm³/mol. The lowest BCUT2D eigenvalue weighted by Crippen LogP contribution is -2.33. The molecule has 0 saturated heterocycles. The van der Waals surface area contributed by atoms with Crippen LogP contribution in [0.3, 0.4) is 0 Å². The summed E-state index contributed by atoms with van der Waals surface area (Å²) in [5.74, 6) is -0.873. The molecule has 0 aromatic heterocycles. The molecular formula is C18H21FN2O3S. The molecule has 0 aliphatic heterocycles. The molecule has 134 valence electrons. The summed E-state index contributed by atoms with van der Waals surface area (Å²) in [4.78, 5) is 12.3. The maximum atomic E-state index is 13.0. The quantitative estimate of drug-likeness (QED) is 0.789. The second-order valence-electron chi connectivity index (χ2n) is 5.77. The maximum Gasteiger partial charge on any atom is 0.261 e. The summed E-state index contributed by atoms with van der Waals surface area (Å²) in [7, 11) is -3.92. The van der Waals surface area contributed by atoms with Crippen LogP contribution in [-0.4, -0.2) is 20.4 Å². The molecule has 0 fully saturated rings. The van der Waals surface area contributed by atoms with Gasteiger partial charge in [-0.1, -0.05) is 25.5 Å². The van der Waals surface area contributed by atoms with Crippen molar-refractivity contribution in [3.63, 3.8) is 0 Å². The van der Waals surface area contributed by atoms with Gasteiger partial charge in [0.2, 0.25) is 0 Å². The smallest absolute Gasteiger partial charge is 0.261 e. The van der Waals surface area contributed by atoms with E-state index < -0.39 is 15.8 Å². The lowest BCUT2D eigenvalue weighted by atomic mass is 10.1. The van der Waals surface area contributed by atoms with Crippen molar-refractivity contribution in [1.82, 2.24) is 5.32 Å². The van der Waals surface area contributed by atoms with Gasteiger partial charge in [0.25, 0.3) is 15.9 Å². The van der Waals surface area contributed by atoms with Crippen LogP contribution in [0.5, 0.6) is 0 Å². The van der Waals surface area contributed by atoms with Crippen molar-refractivity contribution in [3.8, 4) is 0 Å². The summed E-state index contributed by atoms with van der Waals surface area (Å²) in [6, 6.07) is 10.8. The van der Waals surface area contributed by atoms with Gasteiger partial charge in [-0.25, -0.2) is 12.8 Å². The van der Waals surface area contributed by atoms with Crippen molar-refractivity contribution < 1.29 is 17.6 Å². The van der Waals surface area contributed by atoms with Crippen molar-refractivity contribution in [2.45, 2.75) is 37.6 Å². The van der Waals surface area contributed by atoms with Crippen LogP contribution >= 0.6 is 0 Å². The third-order valence-electron chi connectivity index (χ3n) is 3.64. The van der Waals surface area contributed by atoms with E-state index >= 15 is 0 Å². The van der Waals surface area contributed by atoms with Crippen molar-refractivity contribution in [1.29, 1.82) is 0 Å². The highest BCUT2D eigenvalue weighted by Crippen LogP contribution is 2.20. The highest BCUT2D eigenvalue weighted by Gasteiger charge is 2.19. The van der Waals surface area contributed by atoms with Gasteiger partial charge < -0.3 is 5.32 Å². The molecular weight excluding hydrogens is 343 g/mol. The minimum absolute atomic E-state index is 0.0146. The SMILES string of the molecule is CCCC(C)NC(=O)c1ccccc1NS(=O)(=O)c1ccc(F)cc1.